The molecular formula is C24H22N2O6. The Morgan fingerprint density at radius 2 is 1.84 bits per heavy atom. The third-order valence-corrected chi connectivity index (χ3v) is 5.86. The highest BCUT2D eigenvalue weighted by atomic mass is 16.6. The van der Waals surface area contributed by atoms with Crippen LogP contribution in [0.25, 0.3) is 21.7 Å². The van der Waals surface area contributed by atoms with Crippen LogP contribution in [0.1, 0.15) is 27.5 Å². The second kappa shape index (κ2) is 8.58. The van der Waals surface area contributed by atoms with Crippen LogP contribution in [0.4, 0.5) is 0 Å². The van der Waals surface area contributed by atoms with Crippen LogP contribution in [-0.4, -0.2) is 59.2 Å². The molecule has 0 amide bonds. The molecule has 0 aliphatic carbocycles. The van der Waals surface area contributed by atoms with Crippen molar-refractivity contribution >= 4 is 27.7 Å². The average molecular weight is 434 g/mol. The number of morpholine rings is 1. The SMILES string of the molecule is O=C(OCO)c1coc2c1c(C(c1ccncc1)N1CCOCC1)c(O)c1ccccc12. The number of ether oxygens (including phenoxy) is 2. The number of fused-ring (bicyclic) bond motifs is 3. The number of pyridine rings is 1. The van der Waals surface area contributed by atoms with E-state index in [0.29, 0.717) is 53.6 Å². The number of carbonyl (C=O) groups is 1. The zero-order chi connectivity index (χ0) is 22.1. The molecule has 1 unspecified atom stereocenters. The first-order chi connectivity index (χ1) is 15.7. The number of hydrogen-bond donors (Lipinski definition) is 2. The highest BCUT2D eigenvalue weighted by molar-refractivity contribution is 6.16. The van der Waals surface area contributed by atoms with Gasteiger partial charge in [0.05, 0.1) is 19.3 Å². The summed E-state index contributed by atoms with van der Waals surface area (Å²) >= 11 is 0. The average Bonchev–Trinajstić information content (AvgIpc) is 3.28. The molecule has 3 heterocycles. The quantitative estimate of drug-likeness (QED) is 0.364. The smallest absolute Gasteiger partial charge is 0.344 e. The molecule has 0 radical (unpaired) electrons. The number of aliphatic hydroxyl groups is 1. The summed E-state index contributed by atoms with van der Waals surface area (Å²) in [5.74, 6) is -0.654. The van der Waals surface area contributed by atoms with Crippen molar-refractivity contribution in [3.8, 4) is 5.75 Å². The Hall–Kier alpha value is -3.46. The molecule has 1 aliphatic rings. The van der Waals surface area contributed by atoms with Gasteiger partial charge in [-0.3, -0.25) is 9.88 Å². The van der Waals surface area contributed by atoms with E-state index in [-0.39, 0.29) is 17.4 Å². The number of furan rings is 1. The van der Waals surface area contributed by atoms with Crippen molar-refractivity contribution in [1.29, 1.82) is 0 Å². The Labute approximate surface area is 183 Å². The van der Waals surface area contributed by atoms with Crippen LogP contribution in [0.2, 0.25) is 0 Å². The zero-order valence-electron chi connectivity index (χ0n) is 17.2. The zero-order valence-corrected chi connectivity index (χ0v) is 17.2. The van der Waals surface area contributed by atoms with Crippen molar-refractivity contribution in [3.05, 3.63) is 71.7 Å². The largest absolute Gasteiger partial charge is 0.507 e. The molecule has 0 saturated carbocycles. The fourth-order valence-corrected chi connectivity index (χ4v) is 4.47. The normalized spacial score (nSPS) is 15.8. The first-order valence-electron chi connectivity index (χ1n) is 10.3. The van der Waals surface area contributed by atoms with E-state index in [0.717, 1.165) is 5.56 Å². The van der Waals surface area contributed by atoms with Gasteiger partial charge in [0.25, 0.3) is 0 Å². The molecule has 8 heteroatoms. The van der Waals surface area contributed by atoms with Gasteiger partial charge in [-0.25, -0.2) is 4.79 Å². The molecular weight excluding hydrogens is 412 g/mol. The van der Waals surface area contributed by atoms with Gasteiger partial charge in [0, 0.05) is 47.2 Å². The lowest BCUT2D eigenvalue weighted by molar-refractivity contribution is 0.00690. The molecule has 5 rings (SSSR count). The number of benzene rings is 2. The molecule has 1 saturated heterocycles. The Morgan fingerprint density at radius 3 is 2.56 bits per heavy atom. The van der Waals surface area contributed by atoms with Crippen LogP contribution in [0.15, 0.2) is 59.5 Å². The summed E-state index contributed by atoms with van der Waals surface area (Å²) in [6.07, 6.45) is 4.73. The van der Waals surface area contributed by atoms with E-state index >= 15 is 0 Å². The fraction of sp³-hybridized carbons (Fsp3) is 0.250. The maximum Gasteiger partial charge on any atom is 0.344 e. The van der Waals surface area contributed by atoms with E-state index < -0.39 is 12.8 Å². The van der Waals surface area contributed by atoms with Crippen molar-refractivity contribution in [2.24, 2.45) is 0 Å². The number of phenols is 1. The summed E-state index contributed by atoms with van der Waals surface area (Å²) in [6, 6.07) is 10.8. The number of carbonyl (C=O) groups excluding carboxylic acids is 1. The molecule has 1 aliphatic heterocycles. The predicted octanol–water partition coefficient (Wildman–Crippen LogP) is 3.21. The number of rotatable bonds is 5. The molecule has 4 aromatic rings. The minimum absolute atomic E-state index is 0.0702. The lowest BCUT2D eigenvalue weighted by Crippen LogP contribution is -2.39. The number of aliphatic hydroxyl groups excluding tert-OH is 1. The van der Waals surface area contributed by atoms with E-state index in [2.05, 4.69) is 9.88 Å². The number of nitrogens with zero attached hydrogens (tertiary/aromatic N) is 2. The molecule has 2 aromatic heterocycles. The maximum absolute atomic E-state index is 12.7. The van der Waals surface area contributed by atoms with Crippen LogP contribution < -0.4 is 0 Å². The predicted molar refractivity (Wildman–Crippen MR) is 116 cm³/mol. The van der Waals surface area contributed by atoms with Crippen LogP contribution in [0, 0.1) is 0 Å². The minimum Gasteiger partial charge on any atom is -0.507 e. The summed E-state index contributed by atoms with van der Waals surface area (Å²) in [5, 5.41) is 22.5. The minimum atomic E-state index is -0.752. The molecule has 8 nitrogen and oxygen atoms in total. The van der Waals surface area contributed by atoms with Crippen molar-refractivity contribution in [2.45, 2.75) is 6.04 Å². The highest BCUT2D eigenvalue weighted by Gasteiger charge is 2.33. The lowest BCUT2D eigenvalue weighted by atomic mass is 9.89. The molecule has 0 spiro atoms. The van der Waals surface area contributed by atoms with Crippen LogP contribution >= 0.6 is 0 Å². The fourth-order valence-electron chi connectivity index (χ4n) is 4.47. The van der Waals surface area contributed by atoms with Crippen molar-refractivity contribution in [3.63, 3.8) is 0 Å². The standard InChI is InChI=1S/C24H22N2O6/c27-14-32-24(29)18-13-31-23-17-4-2-1-3-16(17)22(28)20(19(18)23)21(15-5-7-25-8-6-15)26-9-11-30-12-10-26/h1-8,13,21,27-28H,9-12,14H2. The third kappa shape index (κ3) is 3.38. The summed E-state index contributed by atoms with van der Waals surface area (Å²) < 4.78 is 16.3. The van der Waals surface area contributed by atoms with E-state index in [1.807, 2.05) is 36.4 Å². The first-order valence-corrected chi connectivity index (χ1v) is 10.3. The molecule has 0 bridgehead atoms. The lowest BCUT2D eigenvalue weighted by Gasteiger charge is -2.36. The Balaban J connectivity index is 1.86. The van der Waals surface area contributed by atoms with Crippen LogP contribution in [0.3, 0.4) is 0 Å². The number of phenolic OH excluding ortho intramolecular Hbond substituents is 1. The summed E-state index contributed by atoms with van der Waals surface area (Å²) in [7, 11) is 0. The molecule has 1 atom stereocenters. The van der Waals surface area contributed by atoms with Crippen molar-refractivity contribution in [1.82, 2.24) is 9.88 Å². The van der Waals surface area contributed by atoms with Crippen molar-refractivity contribution in [2.75, 3.05) is 33.1 Å². The Bertz CT molecular complexity index is 1260. The maximum atomic E-state index is 12.7. The molecule has 1 fully saturated rings. The van der Waals surface area contributed by atoms with Gasteiger partial charge in [0.2, 0.25) is 0 Å². The number of aromatic hydroxyl groups is 1. The van der Waals surface area contributed by atoms with Gasteiger partial charge in [-0.05, 0) is 17.7 Å². The van der Waals surface area contributed by atoms with Gasteiger partial charge in [-0.2, -0.15) is 0 Å². The summed E-state index contributed by atoms with van der Waals surface area (Å²) in [6.45, 7) is 1.66. The first kappa shape index (κ1) is 20.4. The van der Waals surface area contributed by atoms with Gasteiger partial charge in [-0.15, -0.1) is 0 Å². The van der Waals surface area contributed by atoms with Gasteiger partial charge in [0.1, 0.15) is 23.2 Å². The topological polar surface area (TPSA) is 105 Å². The Kier molecular flexibility index (Phi) is 5.48. The second-order valence-electron chi connectivity index (χ2n) is 7.55. The number of aromatic nitrogens is 1. The van der Waals surface area contributed by atoms with E-state index in [4.69, 9.17) is 19.0 Å². The summed E-state index contributed by atoms with van der Waals surface area (Å²) in [4.78, 5) is 19.0. The van der Waals surface area contributed by atoms with Crippen LogP contribution in [0.5, 0.6) is 5.75 Å². The Morgan fingerprint density at radius 1 is 1.12 bits per heavy atom. The van der Waals surface area contributed by atoms with E-state index in [9.17, 15) is 9.90 Å². The summed E-state index contributed by atoms with van der Waals surface area (Å²) in [5.41, 5.74) is 2.09. The van der Waals surface area contributed by atoms with E-state index in [1.54, 1.807) is 12.4 Å². The third-order valence-electron chi connectivity index (χ3n) is 5.86. The van der Waals surface area contributed by atoms with Crippen LogP contribution in [-0.2, 0) is 9.47 Å². The molecule has 2 N–H and O–H groups in total. The van der Waals surface area contributed by atoms with Crippen molar-refractivity contribution < 1.29 is 28.9 Å². The van der Waals surface area contributed by atoms with Gasteiger partial charge in [0.15, 0.2) is 6.79 Å². The van der Waals surface area contributed by atoms with Gasteiger partial charge in [-0.1, -0.05) is 24.3 Å². The number of hydrogen-bond acceptors (Lipinski definition) is 8. The monoisotopic (exact) mass is 434 g/mol. The molecule has 32 heavy (non-hydrogen) atoms. The second-order valence-corrected chi connectivity index (χ2v) is 7.55. The number of esters is 1. The van der Waals surface area contributed by atoms with Gasteiger partial charge >= 0.3 is 5.97 Å². The highest BCUT2D eigenvalue weighted by Crippen LogP contribution is 2.46. The molecule has 164 valence electrons. The van der Waals surface area contributed by atoms with Gasteiger partial charge < -0.3 is 24.1 Å². The molecule has 2 aromatic carbocycles. The van der Waals surface area contributed by atoms with E-state index in [1.165, 1.54) is 6.26 Å².